The number of aromatic amines is 1. The largest absolute Gasteiger partial charge is 0.396 e. The molecule has 0 bridgehead atoms. The van der Waals surface area contributed by atoms with Crippen molar-refractivity contribution in [1.82, 2.24) is 14.9 Å². The van der Waals surface area contributed by atoms with E-state index in [0.29, 0.717) is 12.1 Å². The summed E-state index contributed by atoms with van der Waals surface area (Å²) in [6.07, 6.45) is 3.59. The van der Waals surface area contributed by atoms with Crippen LogP contribution in [0.25, 0.3) is 11.0 Å². The summed E-state index contributed by atoms with van der Waals surface area (Å²) < 4.78 is 0. The zero-order chi connectivity index (χ0) is 13.2. The van der Waals surface area contributed by atoms with Crippen LogP contribution in [0.4, 0.5) is 0 Å². The Hall–Kier alpha value is -1.88. The number of hydrogen-bond donors (Lipinski definition) is 2. The Balaban J connectivity index is 1.82. The lowest BCUT2D eigenvalue weighted by molar-refractivity contribution is 0.0621. The normalized spacial score (nSPS) is 19.8. The maximum Gasteiger partial charge on any atom is 0.253 e. The lowest BCUT2D eigenvalue weighted by Gasteiger charge is -2.31. The number of carbonyl (C=O) groups excluding carboxylic acids is 1. The number of rotatable bonds is 2. The van der Waals surface area contributed by atoms with Crippen LogP contribution in [0, 0.1) is 5.92 Å². The minimum atomic E-state index is 0.0367. The molecule has 5 nitrogen and oxygen atoms in total. The van der Waals surface area contributed by atoms with Crippen LogP contribution in [0.3, 0.4) is 0 Å². The molecule has 0 radical (unpaired) electrons. The summed E-state index contributed by atoms with van der Waals surface area (Å²) in [5.74, 6) is 0.253. The van der Waals surface area contributed by atoms with Gasteiger partial charge in [-0.3, -0.25) is 4.79 Å². The van der Waals surface area contributed by atoms with Crippen LogP contribution in [0.5, 0.6) is 0 Å². The second-order valence-corrected chi connectivity index (χ2v) is 5.08. The highest BCUT2D eigenvalue weighted by Gasteiger charge is 2.24. The molecule has 5 heteroatoms. The first-order valence-electron chi connectivity index (χ1n) is 6.61. The Bertz CT molecular complexity index is 593. The zero-order valence-electron chi connectivity index (χ0n) is 10.7. The van der Waals surface area contributed by atoms with Crippen molar-refractivity contribution >= 4 is 16.9 Å². The number of H-pyrrole nitrogens is 1. The summed E-state index contributed by atoms with van der Waals surface area (Å²) in [5.41, 5.74) is 2.42. The minimum absolute atomic E-state index is 0.0367. The number of aromatic nitrogens is 2. The van der Waals surface area contributed by atoms with Gasteiger partial charge >= 0.3 is 0 Å². The Morgan fingerprint density at radius 3 is 3.26 bits per heavy atom. The van der Waals surface area contributed by atoms with Crippen LogP contribution in [0.2, 0.25) is 0 Å². The number of benzene rings is 1. The third kappa shape index (κ3) is 2.33. The topological polar surface area (TPSA) is 69.2 Å². The van der Waals surface area contributed by atoms with E-state index in [9.17, 15) is 9.90 Å². The number of carbonyl (C=O) groups is 1. The van der Waals surface area contributed by atoms with Gasteiger partial charge in [0.15, 0.2) is 0 Å². The number of piperidine rings is 1. The lowest BCUT2D eigenvalue weighted by Crippen LogP contribution is -2.40. The summed E-state index contributed by atoms with van der Waals surface area (Å²) in [7, 11) is 0. The predicted molar refractivity (Wildman–Crippen MR) is 71.8 cm³/mol. The number of hydrogen-bond acceptors (Lipinski definition) is 3. The van der Waals surface area contributed by atoms with Crippen LogP contribution in [-0.4, -0.2) is 45.6 Å². The van der Waals surface area contributed by atoms with Crippen molar-refractivity contribution in [2.75, 3.05) is 19.7 Å². The van der Waals surface area contributed by atoms with Crippen LogP contribution >= 0.6 is 0 Å². The zero-order valence-corrected chi connectivity index (χ0v) is 10.7. The third-order valence-corrected chi connectivity index (χ3v) is 3.73. The van der Waals surface area contributed by atoms with Gasteiger partial charge in [-0.1, -0.05) is 0 Å². The Kier molecular flexibility index (Phi) is 3.21. The predicted octanol–water partition coefficient (Wildman–Crippen LogP) is 1.41. The van der Waals surface area contributed by atoms with Crippen molar-refractivity contribution in [3.05, 3.63) is 30.1 Å². The number of aliphatic hydroxyl groups is 1. The van der Waals surface area contributed by atoms with Crippen molar-refractivity contribution in [2.45, 2.75) is 12.8 Å². The Morgan fingerprint density at radius 2 is 2.42 bits per heavy atom. The average molecular weight is 259 g/mol. The molecule has 2 heterocycles. The van der Waals surface area contributed by atoms with Gasteiger partial charge in [0.05, 0.1) is 17.4 Å². The van der Waals surface area contributed by atoms with Gasteiger partial charge in [0.2, 0.25) is 0 Å². The molecular formula is C14H17N3O2. The van der Waals surface area contributed by atoms with Crippen molar-refractivity contribution in [1.29, 1.82) is 0 Å². The van der Waals surface area contributed by atoms with Gasteiger partial charge in [-0.05, 0) is 37.0 Å². The van der Waals surface area contributed by atoms with Gasteiger partial charge in [0.1, 0.15) is 0 Å². The molecule has 2 N–H and O–H groups in total. The Morgan fingerprint density at radius 1 is 1.53 bits per heavy atom. The quantitative estimate of drug-likeness (QED) is 0.856. The molecule has 1 aliphatic heterocycles. The molecule has 2 aromatic rings. The molecule has 1 aromatic heterocycles. The second-order valence-electron chi connectivity index (χ2n) is 5.08. The van der Waals surface area contributed by atoms with Crippen molar-refractivity contribution in [3.8, 4) is 0 Å². The van der Waals surface area contributed by atoms with E-state index < -0.39 is 0 Å². The average Bonchev–Trinajstić information content (AvgIpc) is 2.94. The van der Waals surface area contributed by atoms with Gasteiger partial charge < -0.3 is 15.0 Å². The molecule has 1 fully saturated rings. The molecule has 0 spiro atoms. The number of amides is 1. The van der Waals surface area contributed by atoms with Crippen LogP contribution in [-0.2, 0) is 0 Å². The van der Waals surface area contributed by atoms with E-state index >= 15 is 0 Å². The summed E-state index contributed by atoms with van der Waals surface area (Å²) in [6, 6.07) is 5.51. The molecule has 1 aliphatic rings. The molecule has 1 saturated heterocycles. The van der Waals surface area contributed by atoms with E-state index in [0.717, 1.165) is 30.4 Å². The first-order valence-corrected chi connectivity index (χ1v) is 6.61. The van der Waals surface area contributed by atoms with Crippen LogP contribution in [0.15, 0.2) is 24.5 Å². The highest BCUT2D eigenvalue weighted by atomic mass is 16.3. The third-order valence-electron chi connectivity index (χ3n) is 3.73. The number of nitrogens with one attached hydrogen (secondary N) is 1. The fraction of sp³-hybridized carbons (Fsp3) is 0.429. The summed E-state index contributed by atoms with van der Waals surface area (Å²) >= 11 is 0. The lowest BCUT2D eigenvalue weighted by atomic mass is 9.98. The Labute approximate surface area is 111 Å². The van der Waals surface area contributed by atoms with Gasteiger partial charge in [-0.15, -0.1) is 0 Å². The number of aliphatic hydroxyl groups excluding tert-OH is 1. The molecule has 1 aromatic carbocycles. The molecule has 1 unspecified atom stereocenters. The van der Waals surface area contributed by atoms with E-state index in [4.69, 9.17) is 0 Å². The molecule has 0 aliphatic carbocycles. The van der Waals surface area contributed by atoms with E-state index in [1.54, 1.807) is 6.33 Å². The first-order chi connectivity index (χ1) is 9.28. The smallest absolute Gasteiger partial charge is 0.253 e. The van der Waals surface area contributed by atoms with Crippen molar-refractivity contribution in [3.63, 3.8) is 0 Å². The summed E-state index contributed by atoms with van der Waals surface area (Å²) in [4.78, 5) is 21.4. The van der Waals surface area contributed by atoms with Gasteiger partial charge in [-0.25, -0.2) is 4.98 Å². The number of nitrogens with zero attached hydrogens (tertiary/aromatic N) is 2. The van der Waals surface area contributed by atoms with Crippen molar-refractivity contribution < 1.29 is 9.90 Å². The SMILES string of the molecule is O=C(c1ccc2nc[nH]c2c1)N1CCCC(CO)C1. The molecule has 3 rings (SSSR count). The van der Waals surface area contributed by atoms with E-state index in [2.05, 4.69) is 9.97 Å². The van der Waals surface area contributed by atoms with Crippen molar-refractivity contribution in [2.24, 2.45) is 5.92 Å². The van der Waals surface area contributed by atoms with Gasteiger partial charge in [0.25, 0.3) is 5.91 Å². The summed E-state index contributed by atoms with van der Waals surface area (Å²) in [5, 5.41) is 9.22. The molecule has 1 atom stereocenters. The molecule has 1 amide bonds. The highest BCUT2D eigenvalue weighted by molar-refractivity contribution is 5.97. The van der Waals surface area contributed by atoms with E-state index in [-0.39, 0.29) is 18.4 Å². The second kappa shape index (κ2) is 5.01. The highest BCUT2D eigenvalue weighted by Crippen LogP contribution is 2.19. The molecule has 0 saturated carbocycles. The van der Waals surface area contributed by atoms with E-state index in [1.165, 1.54) is 0 Å². The van der Waals surface area contributed by atoms with Crippen LogP contribution in [0.1, 0.15) is 23.2 Å². The summed E-state index contributed by atoms with van der Waals surface area (Å²) in [6.45, 7) is 1.58. The maximum atomic E-state index is 12.4. The molecular weight excluding hydrogens is 242 g/mol. The van der Waals surface area contributed by atoms with Crippen LogP contribution < -0.4 is 0 Å². The van der Waals surface area contributed by atoms with Gasteiger partial charge in [0, 0.05) is 25.3 Å². The molecule has 19 heavy (non-hydrogen) atoms. The monoisotopic (exact) mass is 259 g/mol. The fourth-order valence-corrected chi connectivity index (χ4v) is 2.65. The first kappa shape index (κ1) is 12.2. The number of likely N-dealkylation sites (tertiary alicyclic amines) is 1. The number of imidazole rings is 1. The maximum absolute atomic E-state index is 12.4. The minimum Gasteiger partial charge on any atom is -0.396 e. The standard InChI is InChI=1S/C14H17N3O2/c18-8-10-2-1-5-17(7-10)14(19)11-3-4-12-13(6-11)16-9-15-12/h3-4,6,9-10,18H,1-2,5,7-8H2,(H,15,16). The fourth-order valence-electron chi connectivity index (χ4n) is 2.65. The number of fused-ring (bicyclic) bond motifs is 1. The molecule has 100 valence electrons. The van der Waals surface area contributed by atoms with E-state index in [1.807, 2.05) is 23.1 Å². The van der Waals surface area contributed by atoms with Gasteiger partial charge in [-0.2, -0.15) is 0 Å².